The Morgan fingerprint density at radius 2 is 1.75 bits per heavy atom. The molecular formula is C12H15F3O. The van der Waals surface area contributed by atoms with Gasteiger partial charge in [0.2, 0.25) is 0 Å². The first-order chi connectivity index (χ1) is 7.43. The third-order valence-corrected chi connectivity index (χ3v) is 2.47. The first kappa shape index (κ1) is 13.0. The van der Waals surface area contributed by atoms with Crippen LogP contribution in [0.4, 0.5) is 13.2 Å². The second-order valence-electron chi connectivity index (χ2n) is 3.79. The smallest absolute Gasteiger partial charge is 0.372 e. The maximum atomic E-state index is 12.4. The molecule has 0 N–H and O–H groups in total. The third kappa shape index (κ3) is 3.85. The summed E-state index contributed by atoms with van der Waals surface area (Å²) in [6, 6.07) is 7.48. The molecule has 0 aliphatic carbocycles. The van der Waals surface area contributed by atoms with Crippen LogP contribution in [0.25, 0.3) is 0 Å². The van der Waals surface area contributed by atoms with Gasteiger partial charge in [0.15, 0.2) is 6.10 Å². The molecule has 1 rings (SSSR count). The van der Waals surface area contributed by atoms with E-state index in [1.165, 1.54) is 0 Å². The van der Waals surface area contributed by atoms with Crippen molar-refractivity contribution in [1.82, 2.24) is 0 Å². The Labute approximate surface area is 93.2 Å². The van der Waals surface area contributed by atoms with Crippen LogP contribution in [0.1, 0.15) is 17.5 Å². The second kappa shape index (κ2) is 5.34. The molecule has 0 aromatic heterocycles. The minimum atomic E-state index is -4.28. The van der Waals surface area contributed by atoms with Crippen LogP contribution in [0.5, 0.6) is 0 Å². The number of alkyl halides is 3. The molecule has 0 spiro atoms. The van der Waals surface area contributed by atoms with Gasteiger partial charge < -0.3 is 4.74 Å². The van der Waals surface area contributed by atoms with Crippen molar-refractivity contribution in [3.8, 4) is 0 Å². The molecule has 1 nitrogen and oxygen atoms in total. The minimum absolute atomic E-state index is 0.0386. The SMILES string of the molecule is COC(CCc1ccc(C)cc1)C(F)(F)F. The lowest BCUT2D eigenvalue weighted by molar-refractivity contribution is -0.214. The largest absolute Gasteiger partial charge is 0.414 e. The molecule has 16 heavy (non-hydrogen) atoms. The van der Waals surface area contributed by atoms with Crippen LogP contribution in [0.15, 0.2) is 24.3 Å². The van der Waals surface area contributed by atoms with Crippen LogP contribution in [0.3, 0.4) is 0 Å². The monoisotopic (exact) mass is 232 g/mol. The van der Waals surface area contributed by atoms with Crippen LogP contribution >= 0.6 is 0 Å². The van der Waals surface area contributed by atoms with Gasteiger partial charge >= 0.3 is 6.18 Å². The van der Waals surface area contributed by atoms with Gasteiger partial charge in [-0.1, -0.05) is 29.8 Å². The van der Waals surface area contributed by atoms with Gasteiger partial charge in [0.1, 0.15) is 0 Å². The van der Waals surface area contributed by atoms with Gasteiger partial charge in [0.05, 0.1) is 0 Å². The summed E-state index contributed by atoms with van der Waals surface area (Å²) in [5, 5.41) is 0. The number of benzene rings is 1. The quantitative estimate of drug-likeness (QED) is 0.772. The minimum Gasteiger partial charge on any atom is -0.372 e. The van der Waals surface area contributed by atoms with Gasteiger partial charge in [-0.2, -0.15) is 13.2 Å². The molecule has 0 radical (unpaired) electrons. The summed E-state index contributed by atoms with van der Waals surface area (Å²) in [6.45, 7) is 1.94. The molecule has 0 amide bonds. The van der Waals surface area contributed by atoms with Crippen LogP contribution in [-0.4, -0.2) is 19.4 Å². The number of rotatable bonds is 4. The highest BCUT2D eigenvalue weighted by Crippen LogP contribution is 2.25. The van der Waals surface area contributed by atoms with Gasteiger partial charge in [-0.15, -0.1) is 0 Å². The van der Waals surface area contributed by atoms with Crippen molar-refractivity contribution < 1.29 is 17.9 Å². The number of hydrogen-bond acceptors (Lipinski definition) is 1. The highest BCUT2D eigenvalue weighted by atomic mass is 19.4. The first-order valence-corrected chi connectivity index (χ1v) is 5.08. The normalized spacial score (nSPS) is 13.8. The molecule has 0 fully saturated rings. The van der Waals surface area contributed by atoms with E-state index in [2.05, 4.69) is 4.74 Å². The van der Waals surface area contributed by atoms with E-state index in [0.29, 0.717) is 6.42 Å². The number of halogens is 3. The average molecular weight is 232 g/mol. The fraction of sp³-hybridized carbons (Fsp3) is 0.500. The Morgan fingerprint density at radius 3 is 2.19 bits per heavy atom. The van der Waals surface area contributed by atoms with Gasteiger partial charge in [-0.3, -0.25) is 0 Å². The van der Waals surface area contributed by atoms with E-state index < -0.39 is 12.3 Å². The molecule has 0 aliphatic rings. The molecule has 0 bridgehead atoms. The Kier molecular flexibility index (Phi) is 4.35. The van der Waals surface area contributed by atoms with Gasteiger partial charge in [0, 0.05) is 7.11 Å². The van der Waals surface area contributed by atoms with Crippen LogP contribution in [0, 0.1) is 6.92 Å². The topological polar surface area (TPSA) is 9.23 Å². The van der Waals surface area contributed by atoms with E-state index in [1.807, 2.05) is 31.2 Å². The Hall–Kier alpha value is -1.03. The van der Waals surface area contributed by atoms with Crippen LogP contribution < -0.4 is 0 Å². The number of methoxy groups -OCH3 is 1. The molecular weight excluding hydrogens is 217 g/mol. The summed E-state index contributed by atoms with van der Waals surface area (Å²) in [4.78, 5) is 0. The molecule has 0 saturated carbocycles. The first-order valence-electron chi connectivity index (χ1n) is 5.08. The zero-order valence-electron chi connectivity index (χ0n) is 9.34. The predicted octanol–water partition coefficient (Wildman–Crippen LogP) is 3.50. The summed E-state index contributed by atoms with van der Waals surface area (Å²) in [5.41, 5.74) is 2.00. The highest BCUT2D eigenvalue weighted by Gasteiger charge is 2.39. The molecule has 0 heterocycles. The van der Waals surface area contributed by atoms with Crippen molar-refractivity contribution in [3.63, 3.8) is 0 Å². The number of hydrogen-bond donors (Lipinski definition) is 0. The maximum absolute atomic E-state index is 12.4. The third-order valence-electron chi connectivity index (χ3n) is 2.47. The average Bonchev–Trinajstić information content (AvgIpc) is 2.19. The Balaban J connectivity index is 2.53. The molecule has 0 saturated heterocycles. The molecule has 4 heteroatoms. The number of aryl methyl sites for hydroxylation is 2. The Bertz CT molecular complexity index is 316. The molecule has 1 unspecified atom stereocenters. The van der Waals surface area contributed by atoms with Gasteiger partial charge in [-0.25, -0.2) is 0 Å². The zero-order valence-corrected chi connectivity index (χ0v) is 9.34. The van der Waals surface area contributed by atoms with Crippen molar-refractivity contribution in [2.45, 2.75) is 32.0 Å². The summed E-state index contributed by atoms with van der Waals surface area (Å²) < 4.78 is 41.5. The highest BCUT2D eigenvalue weighted by molar-refractivity contribution is 5.21. The van der Waals surface area contributed by atoms with E-state index >= 15 is 0 Å². The van der Waals surface area contributed by atoms with E-state index in [1.54, 1.807) is 0 Å². The molecule has 1 aromatic carbocycles. The number of ether oxygens (including phenoxy) is 1. The van der Waals surface area contributed by atoms with Crippen molar-refractivity contribution in [2.75, 3.05) is 7.11 Å². The van der Waals surface area contributed by atoms with Gasteiger partial charge in [-0.05, 0) is 25.3 Å². The van der Waals surface area contributed by atoms with Gasteiger partial charge in [0.25, 0.3) is 0 Å². The van der Waals surface area contributed by atoms with Crippen molar-refractivity contribution in [3.05, 3.63) is 35.4 Å². The molecule has 1 atom stereocenters. The lowest BCUT2D eigenvalue weighted by Crippen LogP contribution is -2.31. The van der Waals surface area contributed by atoms with Crippen molar-refractivity contribution in [2.24, 2.45) is 0 Å². The summed E-state index contributed by atoms with van der Waals surface area (Å²) in [6.07, 6.45) is -5.62. The fourth-order valence-corrected chi connectivity index (χ4v) is 1.47. The summed E-state index contributed by atoms with van der Waals surface area (Å²) in [7, 11) is 1.09. The summed E-state index contributed by atoms with van der Waals surface area (Å²) in [5.74, 6) is 0. The van der Waals surface area contributed by atoms with E-state index in [9.17, 15) is 13.2 Å². The Morgan fingerprint density at radius 1 is 1.19 bits per heavy atom. The predicted molar refractivity (Wildman–Crippen MR) is 56.4 cm³/mol. The van der Waals surface area contributed by atoms with Crippen LogP contribution in [0.2, 0.25) is 0 Å². The standard InChI is InChI=1S/C12H15F3O/c1-9-3-5-10(6-4-9)7-8-11(16-2)12(13,14)15/h3-6,11H,7-8H2,1-2H3. The lowest BCUT2D eigenvalue weighted by Gasteiger charge is -2.18. The lowest BCUT2D eigenvalue weighted by atomic mass is 10.1. The van der Waals surface area contributed by atoms with E-state index in [-0.39, 0.29) is 6.42 Å². The van der Waals surface area contributed by atoms with E-state index in [0.717, 1.165) is 18.2 Å². The second-order valence-corrected chi connectivity index (χ2v) is 3.79. The van der Waals surface area contributed by atoms with Crippen molar-refractivity contribution in [1.29, 1.82) is 0 Å². The fourth-order valence-electron chi connectivity index (χ4n) is 1.47. The maximum Gasteiger partial charge on any atom is 0.414 e. The van der Waals surface area contributed by atoms with E-state index in [4.69, 9.17) is 0 Å². The molecule has 1 aromatic rings. The van der Waals surface area contributed by atoms with Crippen molar-refractivity contribution >= 4 is 0 Å². The zero-order chi connectivity index (χ0) is 12.2. The van der Waals surface area contributed by atoms with Crippen LogP contribution in [-0.2, 0) is 11.2 Å². The molecule has 90 valence electrons. The summed E-state index contributed by atoms with van der Waals surface area (Å²) >= 11 is 0. The molecule has 0 aliphatic heterocycles.